The zero-order valence-electron chi connectivity index (χ0n) is 12.8. The molecular weight excluding hydrogens is 344 g/mol. The molecule has 3 aromatic rings. The second-order valence-corrected chi connectivity index (χ2v) is 6.06. The molecule has 2 aromatic heterocycles. The summed E-state index contributed by atoms with van der Waals surface area (Å²) in [6, 6.07) is 12.4. The van der Waals surface area contributed by atoms with E-state index in [0.717, 1.165) is 38.3 Å². The van der Waals surface area contributed by atoms with E-state index in [2.05, 4.69) is 52.2 Å². The highest BCUT2D eigenvalue weighted by molar-refractivity contribution is 9.10. The van der Waals surface area contributed by atoms with Crippen LogP contribution in [0.5, 0.6) is 5.75 Å². The molecule has 0 saturated heterocycles. The average Bonchev–Trinajstić information content (AvgIpc) is 2.87. The van der Waals surface area contributed by atoms with Gasteiger partial charge in [0.2, 0.25) is 0 Å². The van der Waals surface area contributed by atoms with Crippen molar-refractivity contribution in [2.24, 2.45) is 0 Å². The Morgan fingerprint density at radius 2 is 1.91 bits per heavy atom. The van der Waals surface area contributed by atoms with Gasteiger partial charge in [0.05, 0.1) is 15.7 Å². The molecule has 22 heavy (non-hydrogen) atoms. The summed E-state index contributed by atoms with van der Waals surface area (Å²) in [5, 5.41) is 4.49. The first kappa shape index (κ1) is 15.1. The van der Waals surface area contributed by atoms with Crippen LogP contribution in [0.4, 0.5) is 0 Å². The van der Waals surface area contributed by atoms with Crippen molar-refractivity contribution >= 4 is 21.4 Å². The Morgan fingerprint density at radius 1 is 1.09 bits per heavy atom. The normalized spacial score (nSPS) is 11.1. The molecular formula is C17H17BrN2O2. The maximum atomic E-state index is 5.58. The summed E-state index contributed by atoms with van der Waals surface area (Å²) in [5.74, 6) is 0.765. The number of benzene rings is 1. The predicted molar refractivity (Wildman–Crippen MR) is 90.3 cm³/mol. The molecule has 0 radical (unpaired) electrons. The Bertz CT molecular complexity index is 827. The third-order valence-electron chi connectivity index (χ3n) is 3.46. The Kier molecular flexibility index (Phi) is 4.18. The maximum absolute atomic E-state index is 5.58. The number of methoxy groups -OCH3 is 1. The van der Waals surface area contributed by atoms with Crippen molar-refractivity contribution in [3.05, 3.63) is 52.3 Å². The quantitative estimate of drug-likeness (QED) is 0.648. The number of hydrogen-bond donors (Lipinski definition) is 0. The van der Waals surface area contributed by atoms with Crippen LogP contribution in [0.1, 0.15) is 11.4 Å². The van der Waals surface area contributed by atoms with Crippen LogP contribution in [-0.4, -0.2) is 23.5 Å². The molecule has 3 rings (SSSR count). The number of halogens is 1. The molecule has 0 saturated carbocycles. The van der Waals surface area contributed by atoms with E-state index in [4.69, 9.17) is 9.47 Å². The van der Waals surface area contributed by atoms with Crippen LogP contribution < -0.4 is 4.74 Å². The summed E-state index contributed by atoms with van der Waals surface area (Å²) in [4.78, 5) is 0. The van der Waals surface area contributed by atoms with E-state index in [1.807, 2.05) is 23.6 Å². The summed E-state index contributed by atoms with van der Waals surface area (Å²) in [5.41, 5.74) is 5.44. The number of hydrogen-bond acceptors (Lipinski definition) is 3. The molecule has 0 atom stereocenters. The van der Waals surface area contributed by atoms with Crippen LogP contribution in [0.25, 0.3) is 16.6 Å². The lowest BCUT2D eigenvalue weighted by Crippen LogP contribution is -1.99. The lowest BCUT2D eigenvalue weighted by Gasteiger charge is -2.10. The summed E-state index contributed by atoms with van der Waals surface area (Å²) in [7, 11) is 1.61. The van der Waals surface area contributed by atoms with E-state index < -0.39 is 0 Å². The number of pyridine rings is 1. The van der Waals surface area contributed by atoms with Crippen LogP contribution in [0.2, 0.25) is 0 Å². The zero-order chi connectivity index (χ0) is 15.7. The Hall–Kier alpha value is -1.85. The van der Waals surface area contributed by atoms with Crippen molar-refractivity contribution in [3.8, 4) is 16.9 Å². The van der Waals surface area contributed by atoms with E-state index in [0.29, 0.717) is 0 Å². The van der Waals surface area contributed by atoms with Gasteiger partial charge in [-0.05, 0) is 71.2 Å². The smallest absolute Gasteiger partial charge is 0.188 e. The van der Waals surface area contributed by atoms with E-state index >= 15 is 0 Å². The molecule has 0 bridgehead atoms. The fraction of sp³-hybridized carbons (Fsp3) is 0.235. The fourth-order valence-corrected chi connectivity index (χ4v) is 2.84. The van der Waals surface area contributed by atoms with E-state index in [9.17, 15) is 0 Å². The SMILES string of the molecule is COCOc1cc(-c2cc(C)n3nc(C)cc3c2)ccc1Br. The second-order valence-electron chi connectivity index (χ2n) is 5.20. The Labute approximate surface area is 137 Å². The number of aryl methyl sites for hydroxylation is 2. The van der Waals surface area contributed by atoms with Crippen molar-refractivity contribution in [1.82, 2.24) is 9.61 Å². The van der Waals surface area contributed by atoms with Crippen LogP contribution in [0, 0.1) is 13.8 Å². The zero-order valence-corrected chi connectivity index (χ0v) is 14.3. The molecule has 0 fully saturated rings. The topological polar surface area (TPSA) is 35.8 Å². The highest BCUT2D eigenvalue weighted by Crippen LogP contribution is 2.32. The average molecular weight is 361 g/mol. The van der Waals surface area contributed by atoms with Gasteiger partial charge in [-0.3, -0.25) is 0 Å². The largest absolute Gasteiger partial charge is 0.466 e. The van der Waals surface area contributed by atoms with Crippen molar-refractivity contribution < 1.29 is 9.47 Å². The minimum absolute atomic E-state index is 0.224. The second kappa shape index (κ2) is 6.10. The summed E-state index contributed by atoms with van der Waals surface area (Å²) in [6.07, 6.45) is 0. The lowest BCUT2D eigenvalue weighted by molar-refractivity contribution is 0.0506. The molecule has 0 unspecified atom stereocenters. The van der Waals surface area contributed by atoms with E-state index in [-0.39, 0.29) is 6.79 Å². The molecule has 4 nitrogen and oxygen atoms in total. The number of aromatic nitrogens is 2. The van der Waals surface area contributed by atoms with Crippen molar-refractivity contribution in [1.29, 1.82) is 0 Å². The first-order valence-corrected chi connectivity index (χ1v) is 7.76. The van der Waals surface area contributed by atoms with Crippen LogP contribution >= 0.6 is 15.9 Å². The predicted octanol–water partition coefficient (Wildman–Crippen LogP) is 4.36. The summed E-state index contributed by atoms with van der Waals surface area (Å²) < 4.78 is 13.4. The van der Waals surface area contributed by atoms with Gasteiger partial charge < -0.3 is 9.47 Å². The summed E-state index contributed by atoms with van der Waals surface area (Å²) in [6.45, 7) is 4.29. The minimum Gasteiger partial charge on any atom is -0.466 e. The van der Waals surface area contributed by atoms with Gasteiger partial charge in [0.1, 0.15) is 5.75 Å². The molecule has 5 heteroatoms. The molecule has 0 aliphatic rings. The minimum atomic E-state index is 0.224. The van der Waals surface area contributed by atoms with Crippen LogP contribution in [0.3, 0.4) is 0 Å². The van der Waals surface area contributed by atoms with Crippen molar-refractivity contribution in [3.63, 3.8) is 0 Å². The van der Waals surface area contributed by atoms with E-state index in [1.165, 1.54) is 0 Å². The molecule has 0 N–H and O–H groups in total. The first-order chi connectivity index (χ1) is 10.6. The molecule has 0 aliphatic carbocycles. The third kappa shape index (κ3) is 2.87. The van der Waals surface area contributed by atoms with Gasteiger partial charge in [-0.25, -0.2) is 4.52 Å². The third-order valence-corrected chi connectivity index (χ3v) is 4.11. The van der Waals surface area contributed by atoms with E-state index in [1.54, 1.807) is 7.11 Å². The molecule has 0 amide bonds. The Balaban J connectivity index is 2.06. The first-order valence-electron chi connectivity index (χ1n) is 6.97. The van der Waals surface area contributed by atoms with Gasteiger partial charge in [0.25, 0.3) is 0 Å². The van der Waals surface area contributed by atoms with Gasteiger partial charge >= 0.3 is 0 Å². The molecule has 2 heterocycles. The number of ether oxygens (including phenoxy) is 2. The standard InChI is InChI=1S/C17H17BrN2O2/c1-11-6-15-8-14(7-12(2)20(15)19-11)13-4-5-16(18)17(9-13)22-10-21-3/h4-9H,10H2,1-3H3. The van der Waals surface area contributed by atoms with Gasteiger partial charge in [-0.1, -0.05) is 6.07 Å². The van der Waals surface area contributed by atoms with Gasteiger partial charge in [0, 0.05) is 12.8 Å². The fourth-order valence-electron chi connectivity index (χ4n) is 2.47. The molecule has 0 spiro atoms. The molecule has 0 aliphatic heterocycles. The highest BCUT2D eigenvalue weighted by atomic mass is 79.9. The summed E-state index contributed by atoms with van der Waals surface area (Å²) >= 11 is 3.50. The van der Waals surface area contributed by atoms with Gasteiger partial charge in [-0.15, -0.1) is 0 Å². The van der Waals surface area contributed by atoms with Crippen molar-refractivity contribution in [2.75, 3.05) is 13.9 Å². The maximum Gasteiger partial charge on any atom is 0.188 e. The lowest BCUT2D eigenvalue weighted by atomic mass is 10.1. The van der Waals surface area contributed by atoms with Crippen LogP contribution in [0.15, 0.2) is 40.9 Å². The number of nitrogens with zero attached hydrogens (tertiary/aromatic N) is 2. The van der Waals surface area contributed by atoms with Gasteiger partial charge in [0.15, 0.2) is 6.79 Å². The van der Waals surface area contributed by atoms with Gasteiger partial charge in [-0.2, -0.15) is 5.10 Å². The number of rotatable bonds is 4. The molecule has 1 aromatic carbocycles. The van der Waals surface area contributed by atoms with Crippen LogP contribution in [-0.2, 0) is 4.74 Å². The monoisotopic (exact) mass is 360 g/mol. The highest BCUT2D eigenvalue weighted by Gasteiger charge is 2.08. The number of fused-ring (bicyclic) bond motifs is 1. The van der Waals surface area contributed by atoms with Crippen molar-refractivity contribution in [2.45, 2.75) is 13.8 Å². The molecule has 114 valence electrons. The Morgan fingerprint density at radius 3 is 2.68 bits per heavy atom.